The molecule has 1 heterocycles. The van der Waals surface area contributed by atoms with Crippen LogP contribution in [-0.2, 0) is 4.79 Å². The van der Waals surface area contributed by atoms with Crippen LogP contribution < -0.4 is 5.32 Å². The maximum atomic E-state index is 11.9. The average molecular weight is 285 g/mol. The normalized spacial score (nSPS) is 12.2. The zero-order valence-corrected chi connectivity index (χ0v) is 10.9. The minimum atomic E-state index is -1.73. The van der Waals surface area contributed by atoms with Gasteiger partial charge in [0.1, 0.15) is 5.69 Å². The number of aliphatic carboxylic acids is 1. The van der Waals surface area contributed by atoms with Gasteiger partial charge in [0.2, 0.25) is 0 Å². The van der Waals surface area contributed by atoms with Gasteiger partial charge in [-0.1, -0.05) is 0 Å². The van der Waals surface area contributed by atoms with Gasteiger partial charge in [0.05, 0.1) is 17.7 Å². The third-order valence-corrected chi connectivity index (χ3v) is 2.57. The Kier molecular flexibility index (Phi) is 4.81. The molecule has 0 radical (unpaired) electrons. The van der Waals surface area contributed by atoms with E-state index in [0.717, 1.165) is 6.07 Å². The van der Waals surface area contributed by atoms with Gasteiger partial charge in [-0.15, -0.1) is 0 Å². The maximum absolute atomic E-state index is 11.9. The topological polar surface area (TPSA) is 135 Å². The van der Waals surface area contributed by atoms with Crippen molar-refractivity contribution in [3.05, 3.63) is 28.1 Å². The molecule has 0 aromatic carbocycles. The van der Waals surface area contributed by atoms with Gasteiger partial charge in [-0.2, -0.15) is 0 Å². The van der Waals surface area contributed by atoms with Crippen LogP contribution in [0.3, 0.4) is 0 Å². The van der Waals surface area contributed by atoms with Crippen molar-refractivity contribution in [2.24, 2.45) is 0 Å². The standard InChI is InChI=1S/C11H15N3O6/c1-6(2)13-5-7(14(19)20)3-8(13)10(16)12-4-9(15)11(17)18/h3,5-6,9,15H,4H2,1-2H3,(H,12,16)(H,17,18). The number of nitrogens with zero attached hydrogens (tertiary/aromatic N) is 2. The second-order valence-electron chi connectivity index (χ2n) is 4.41. The summed E-state index contributed by atoms with van der Waals surface area (Å²) in [4.78, 5) is 32.4. The monoisotopic (exact) mass is 285 g/mol. The van der Waals surface area contributed by atoms with E-state index in [-0.39, 0.29) is 17.4 Å². The average Bonchev–Trinajstić information content (AvgIpc) is 2.80. The Bertz CT molecular complexity index is 536. The Morgan fingerprint density at radius 3 is 2.55 bits per heavy atom. The van der Waals surface area contributed by atoms with E-state index in [4.69, 9.17) is 10.2 Å². The summed E-state index contributed by atoms with van der Waals surface area (Å²) in [6, 6.07) is 0.913. The molecule has 1 rings (SSSR count). The van der Waals surface area contributed by atoms with Gasteiger partial charge in [-0.05, 0) is 13.8 Å². The number of carboxylic acid groups (broad SMARTS) is 1. The van der Waals surface area contributed by atoms with Crippen LogP contribution in [0.2, 0.25) is 0 Å². The van der Waals surface area contributed by atoms with Crippen molar-refractivity contribution >= 4 is 17.6 Å². The summed E-state index contributed by atoms with van der Waals surface area (Å²) in [6.07, 6.45) is -0.496. The smallest absolute Gasteiger partial charge is 0.334 e. The highest BCUT2D eigenvalue weighted by molar-refractivity contribution is 5.94. The van der Waals surface area contributed by atoms with E-state index in [2.05, 4.69) is 5.32 Å². The Morgan fingerprint density at radius 1 is 1.50 bits per heavy atom. The van der Waals surface area contributed by atoms with Gasteiger partial charge < -0.3 is 20.1 Å². The van der Waals surface area contributed by atoms with E-state index in [9.17, 15) is 19.7 Å². The number of hydrogen-bond donors (Lipinski definition) is 3. The highest BCUT2D eigenvalue weighted by Crippen LogP contribution is 2.20. The molecule has 9 heteroatoms. The molecule has 0 saturated carbocycles. The van der Waals surface area contributed by atoms with Crippen molar-refractivity contribution in [1.29, 1.82) is 0 Å². The number of carboxylic acids is 1. The molecule has 20 heavy (non-hydrogen) atoms. The fourth-order valence-corrected chi connectivity index (χ4v) is 1.54. The first-order valence-corrected chi connectivity index (χ1v) is 5.79. The second-order valence-corrected chi connectivity index (χ2v) is 4.41. The van der Waals surface area contributed by atoms with Crippen LogP contribution in [-0.4, -0.2) is 44.2 Å². The summed E-state index contributed by atoms with van der Waals surface area (Å²) in [7, 11) is 0. The lowest BCUT2D eigenvalue weighted by atomic mass is 10.3. The summed E-state index contributed by atoms with van der Waals surface area (Å²) in [5.41, 5.74) is -0.202. The summed E-state index contributed by atoms with van der Waals surface area (Å²) >= 11 is 0. The third kappa shape index (κ3) is 3.54. The lowest BCUT2D eigenvalue weighted by Crippen LogP contribution is -2.37. The van der Waals surface area contributed by atoms with E-state index in [1.165, 1.54) is 10.8 Å². The molecule has 0 aliphatic rings. The molecule has 0 fully saturated rings. The van der Waals surface area contributed by atoms with Gasteiger partial charge in [-0.25, -0.2) is 4.79 Å². The van der Waals surface area contributed by atoms with E-state index < -0.39 is 29.4 Å². The Hall–Kier alpha value is -2.42. The highest BCUT2D eigenvalue weighted by Gasteiger charge is 2.22. The molecule has 0 aliphatic carbocycles. The number of nitro groups is 1. The van der Waals surface area contributed by atoms with Crippen LogP contribution >= 0.6 is 0 Å². The summed E-state index contributed by atoms with van der Waals surface area (Å²) in [6.45, 7) is 3.00. The van der Waals surface area contributed by atoms with Crippen molar-refractivity contribution in [1.82, 2.24) is 9.88 Å². The zero-order chi connectivity index (χ0) is 15.4. The maximum Gasteiger partial charge on any atom is 0.334 e. The Morgan fingerprint density at radius 2 is 2.10 bits per heavy atom. The minimum absolute atomic E-state index is 0.0317. The van der Waals surface area contributed by atoms with Gasteiger partial charge >= 0.3 is 5.97 Å². The molecular weight excluding hydrogens is 270 g/mol. The lowest BCUT2D eigenvalue weighted by molar-refractivity contribution is -0.384. The summed E-state index contributed by atoms with van der Waals surface area (Å²) < 4.78 is 1.40. The van der Waals surface area contributed by atoms with Crippen LogP contribution in [0.5, 0.6) is 0 Å². The number of aliphatic hydroxyl groups is 1. The molecule has 1 atom stereocenters. The number of nitrogens with one attached hydrogen (secondary N) is 1. The molecule has 0 saturated heterocycles. The van der Waals surface area contributed by atoms with Crippen molar-refractivity contribution in [2.75, 3.05) is 6.54 Å². The lowest BCUT2D eigenvalue weighted by Gasteiger charge is -2.12. The highest BCUT2D eigenvalue weighted by atomic mass is 16.6. The van der Waals surface area contributed by atoms with Crippen LogP contribution in [0.4, 0.5) is 5.69 Å². The van der Waals surface area contributed by atoms with Crippen LogP contribution in [0.15, 0.2) is 12.3 Å². The molecule has 1 aromatic heterocycles. The number of aliphatic hydroxyl groups excluding tert-OH is 1. The van der Waals surface area contributed by atoms with Gasteiger partial charge in [0.15, 0.2) is 6.10 Å². The molecule has 1 amide bonds. The molecular formula is C11H15N3O6. The third-order valence-electron chi connectivity index (χ3n) is 2.57. The quantitative estimate of drug-likeness (QED) is 0.503. The number of carbonyl (C=O) groups excluding carboxylic acids is 1. The SMILES string of the molecule is CC(C)n1cc([N+](=O)[O-])cc1C(=O)NCC(O)C(=O)O. The van der Waals surface area contributed by atoms with Crippen molar-refractivity contribution in [3.8, 4) is 0 Å². The molecule has 0 spiro atoms. The molecule has 0 bridgehead atoms. The largest absolute Gasteiger partial charge is 0.479 e. The molecule has 1 aromatic rings. The fourth-order valence-electron chi connectivity index (χ4n) is 1.54. The summed E-state index contributed by atoms with van der Waals surface area (Å²) in [5.74, 6) is -2.15. The Labute approximate surface area is 114 Å². The van der Waals surface area contributed by atoms with E-state index in [1.807, 2.05) is 0 Å². The molecule has 3 N–H and O–H groups in total. The molecule has 1 unspecified atom stereocenters. The van der Waals surface area contributed by atoms with Crippen molar-refractivity contribution in [2.45, 2.75) is 26.0 Å². The van der Waals surface area contributed by atoms with E-state index in [0.29, 0.717) is 0 Å². The predicted molar refractivity (Wildman–Crippen MR) is 67.4 cm³/mol. The fraction of sp³-hybridized carbons (Fsp3) is 0.455. The first-order chi connectivity index (χ1) is 9.23. The number of hydrogen-bond acceptors (Lipinski definition) is 5. The van der Waals surface area contributed by atoms with Crippen molar-refractivity contribution < 1.29 is 24.7 Å². The van der Waals surface area contributed by atoms with Gasteiger partial charge in [0, 0.05) is 12.1 Å². The second kappa shape index (κ2) is 6.15. The number of carbonyl (C=O) groups is 2. The Balaban J connectivity index is 2.91. The molecule has 0 aliphatic heterocycles. The first-order valence-electron chi connectivity index (χ1n) is 5.79. The zero-order valence-electron chi connectivity index (χ0n) is 10.9. The molecule has 110 valence electrons. The number of aromatic nitrogens is 1. The molecule has 9 nitrogen and oxygen atoms in total. The minimum Gasteiger partial charge on any atom is -0.479 e. The van der Waals surface area contributed by atoms with E-state index in [1.54, 1.807) is 13.8 Å². The van der Waals surface area contributed by atoms with Crippen LogP contribution in [0.25, 0.3) is 0 Å². The van der Waals surface area contributed by atoms with Crippen LogP contribution in [0, 0.1) is 10.1 Å². The van der Waals surface area contributed by atoms with Gasteiger partial charge in [-0.3, -0.25) is 14.9 Å². The number of rotatable bonds is 6. The van der Waals surface area contributed by atoms with E-state index >= 15 is 0 Å². The first kappa shape index (κ1) is 15.6. The number of amides is 1. The summed E-state index contributed by atoms with van der Waals surface area (Å²) in [5, 5.41) is 30.5. The van der Waals surface area contributed by atoms with Crippen molar-refractivity contribution in [3.63, 3.8) is 0 Å². The predicted octanol–water partition coefficient (Wildman–Crippen LogP) is 0.152. The van der Waals surface area contributed by atoms with Crippen LogP contribution in [0.1, 0.15) is 30.4 Å². The van der Waals surface area contributed by atoms with Gasteiger partial charge in [0.25, 0.3) is 11.6 Å².